The van der Waals surface area contributed by atoms with E-state index in [4.69, 9.17) is 25.8 Å². The molecule has 4 nitrogen and oxygen atoms in total. The van der Waals surface area contributed by atoms with Crippen LogP contribution in [0.15, 0.2) is 36.4 Å². The monoisotopic (exact) mass is 405 g/mol. The van der Waals surface area contributed by atoms with Gasteiger partial charge in [-0.2, -0.15) is 0 Å². The maximum Gasteiger partial charge on any atom is 0.163 e. The fraction of sp³-hybridized carbons (Fsp3) is 0.478. The number of hydrogen-bond acceptors (Lipinski definition) is 4. The standard InChI is InChI=1S/C23H32ClNO3/c1-4-5-12-27-13-8-11-25-16-20-14-22(26-3)23(15-21(20)24)28-17-19-10-7-6-9-18(19)2/h6-7,9-10,14-15,25H,4-5,8,11-13,16-17H2,1-3H3. The molecule has 0 aliphatic rings. The molecule has 0 amide bonds. The van der Waals surface area contributed by atoms with Gasteiger partial charge in [-0.1, -0.05) is 49.2 Å². The summed E-state index contributed by atoms with van der Waals surface area (Å²) in [4.78, 5) is 0. The van der Waals surface area contributed by atoms with Crippen molar-refractivity contribution in [2.45, 2.75) is 46.3 Å². The lowest BCUT2D eigenvalue weighted by molar-refractivity contribution is 0.129. The summed E-state index contributed by atoms with van der Waals surface area (Å²) in [6.45, 7) is 7.93. The molecule has 2 rings (SSSR count). The molecule has 0 spiro atoms. The van der Waals surface area contributed by atoms with E-state index < -0.39 is 0 Å². The second kappa shape index (κ2) is 12.7. The number of ether oxygens (including phenoxy) is 3. The molecule has 1 N–H and O–H groups in total. The van der Waals surface area contributed by atoms with E-state index in [1.807, 2.05) is 24.3 Å². The van der Waals surface area contributed by atoms with E-state index in [9.17, 15) is 0 Å². The van der Waals surface area contributed by atoms with Crippen LogP contribution in [0.1, 0.15) is 42.9 Å². The number of nitrogens with one attached hydrogen (secondary N) is 1. The zero-order valence-corrected chi connectivity index (χ0v) is 18.0. The molecule has 0 aliphatic heterocycles. The van der Waals surface area contributed by atoms with E-state index in [1.54, 1.807) is 7.11 Å². The van der Waals surface area contributed by atoms with Crippen molar-refractivity contribution in [2.75, 3.05) is 26.9 Å². The van der Waals surface area contributed by atoms with Crippen molar-refractivity contribution in [3.63, 3.8) is 0 Å². The maximum atomic E-state index is 6.47. The molecule has 0 unspecified atom stereocenters. The number of halogens is 1. The van der Waals surface area contributed by atoms with Crippen molar-refractivity contribution in [2.24, 2.45) is 0 Å². The second-order valence-electron chi connectivity index (χ2n) is 6.81. The third-order valence-corrected chi connectivity index (χ3v) is 4.93. The Morgan fingerprint density at radius 2 is 1.79 bits per heavy atom. The molecule has 154 valence electrons. The van der Waals surface area contributed by atoms with Crippen molar-refractivity contribution in [1.29, 1.82) is 0 Å². The Morgan fingerprint density at radius 3 is 2.54 bits per heavy atom. The third-order valence-electron chi connectivity index (χ3n) is 4.58. The summed E-state index contributed by atoms with van der Waals surface area (Å²) in [6, 6.07) is 12.0. The zero-order chi connectivity index (χ0) is 20.2. The van der Waals surface area contributed by atoms with Gasteiger partial charge in [-0.3, -0.25) is 0 Å². The first kappa shape index (κ1) is 22.5. The molecule has 28 heavy (non-hydrogen) atoms. The van der Waals surface area contributed by atoms with Crippen LogP contribution in [0.3, 0.4) is 0 Å². The highest BCUT2D eigenvalue weighted by atomic mass is 35.5. The van der Waals surface area contributed by atoms with Crippen molar-refractivity contribution in [3.05, 3.63) is 58.1 Å². The third kappa shape index (κ3) is 7.34. The number of benzene rings is 2. The summed E-state index contributed by atoms with van der Waals surface area (Å²) in [6.07, 6.45) is 3.28. The van der Waals surface area contributed by atoms with E-state index in [-0.39, 0.29) is 0 Å². The Balaban J connectivity index is 1.85. The van der Waals surface area contributed by atoms with Gasteiger partial charge in [0.1, 0.15) is 6.61 Å². The first-order valence-electron chi connectivity index (χ1n) is 9.97. The summed E-state index contributed by atoms with van der Waals surface area (Å²) < 4.78 is 17.1. The maximum absolute atomic E-state index is 6.47. The number of methoxy groups -OCH3 is 1. The van der Waals surface area contributed by atoms with Gasteiger partial charge in [0.25, 0.3) is 0 Å². The lowest BCUT2D eigenvalue weighted by Crippen LogP contribution is -2.17. The molecule has 0 radical (unpaired) electrons. The van der Waals surface area contributed by atoms with Gasteiger partial charge in [-0.25, -0.2) is 0 Å². The van der Waals surface area contributed by atoms with Crippen LogP contribution in [-0.4, -0.2) is 26.9 Å². The minimum atomic E-state index is 0.481. The van der Waals surface area contributed by atoms with Gasteiger partial charge in [0.05, 0.1) is 7.11 Å². The number of rotatable bonds is 13. The molecule has 0 heterocycles. The van der Waals surface area contributed by atoms with Crippen LogP contribution >= 0.6 is 11.6 Å². The fourth-order valence-electron chi connectivity index (χ4n) is 2.78. The van der Waals surface area contributed by atoms with E-state index in [2.05, 4.69) is 31.3 Å². The number of aryl methyl sites for hydroxylation is 1. The second-order valence-corrected chi connectivity index (χ2v) is 7.21. The average Bonchev–Trinajstić information content (AvgIpc) is 2.70. The minimum Gasteiger partial charge on any atom is -0.493 e. The highest BCUT2D eigenvalue weighted by Crippen LogP contribution is 2.34. The lowest BCUT2D eigenvalue weighted by atomic mass is 10.1. The Morgan fingerprint density at radius 1 is 1.00 bits per heavy atom. The SMILES string of the molecule is CCCCOCCCNCc1cc(OC)c(OCc2ccccc2C)cc1Cl. The smallest absolute Gasteiger partial charge is 0.163 e. The summed E-state index contributed by atoms with van der Waals surface area (Å²) in [5, 5.41) is 4.08. The van der Waals surface area contributed by atoms with Crippen molar-refractivity contribution >= 4 is 11.6 Å². The Kier molecular flexibility index (Phi) is 10.2. The van der Waals surface area contributed by atoms with Crippen molar-refractivity contribution < 1.29 is 14.2 Å². The van der Waals surface area contributed by atoms with Gasteiger partial charge < -0.3 is 19.5 Å². The van der Waals surface area contributed by atoms with Crippen LogP contribution < -0.4 is 14.8 Å². The molecule has 0 fully saturated rings. The highest BCUT2D eigenvalue weighted by molar-refractivity contribution is 6.31. The van der Waals surface area contributed by atoms with Crippen LogP contribution in [0, 0.1) is 6.92 Å². The number of unbranched alkanes of at least 4 members (excludes halogenated alkanes) is 1. The molecular formula is C23H32ClNO3. The van der Waals surface area contributed by atoms with E-state index >= 15 is 0 Å². The topological polar surface area (TPSA) is 39.7 Å². The van der Waals surface area contributed by atoms with E-state index in [1.165, 1.54) is 12.0 Å². The molecule has 0 aromatic heterocycles. The Bertz CT molecular complexity index is 721. The van der Waals surface area contributed by atoms with E-state index in [0.29, 0.717) is 29.7 Å². The summed E-state index contributed by atoms with van der Waals surface area (Å²) >= 11 is 6.47. The molecule has 5 heteroatoms. The predicted molar refractivity (Wildman–Crippen MR) is 116 cm³/mol. The molecule has 0 saturated carbocycles. The summed E-state index contributed by atoms with van der Waals surface area (Å²) in [5.74, 6) is 1.35. The van der Waals surface area contributed by atoms with Crippen LogP contribution in [0.4, 0.5) is 0 Å². The summed E-state index contributed by atoms with van der Waals surface area (Å²) in [5.41, 5.74) is 3.34. The van der Waals surface area contributed by atoms with Gasteiger partial charge in [0.15, 0.2) is 11.5 Å². The first-order valence-corrected chi connectivity index (χ1v) is 10.4. The molecule has 2 aromatic rings. The molecule has 0 bridgehead atoms. The average molecular weight is 406 g/mol. The van der Waals surface area contributed by atoms with E-state index in [0.717, 1.165) is 43.7 Å². The van der Waals surface area contributed by atoms with Gasteiger partial charge >= 0.3 is 0 Å². The van der Waals surface area contributed by atoms with Crippen molar-refractivity contribution in [3.8, 4) is 11.5 Å². The van der Waals surface area contributed by atoms with Crippen LogP contribution in [0.2, 0.25) is 5.02 Å². The normalized spacial score (nSPS) is 10.9. The molecule has 0 atom stereocenters. The van der Waals surface area contributed by atoms with Crippen LogP contribution in [0.5, 0.6) is 11.5 Å². The van der Waals surface area contributed by atoms with Crippen LogP contribution in [-0.2, 0) is 17.9 Å². The molecular weight excluding hydrogens is 374 g/mol. The predicted octanol–water partition coefficient (Wildman–Crippen LogP) is 5.53. The lowest BCUT2D eigenvalue weighted by Gasteiger charge is -2.15. The molecule has 0 aliphatic carbocycles. The van der Waals surface area contributed by atoms with Crippen LogP contribution in [0.25, 0.3) is 0 Å². The number of hydrogen-bond donors (Lipinski definition) is 1. The van der Waals surface area contributed by atoms with Crippen molar-refractivity contribution in [1.82, 2.24) is 5.32 Å². The zero-order valence-electron chi connectivity index (χ0n) is 17.2. The van der Waals surface area contributed by atoms with Gasteiger partial charge in [0.2, 0.25) is 0 Å². The minimum absolute atomic E-state index is 0.481. The fourth-order valence-corrected chi connectivity index (χ4v) is 3.00. The Hall–Kier alpha value is -1.75. The van der Waals surface area contributed by atoms with Gasteiger partial charge in [-0.15, -0.1) is 0 Å². The highest BCUT2D eigenvalue weighted by Gasteiger charge is 2.11. The van der Waals surface area contributed by atoms with Gasteiger partial charge in [-0.05, 0) is 49.1 Å². The summed E-state index contributed by atoms with van der Waals surface area (Å²) in [7, 11) is 1.65. The molecule has 2 aromatic carbocycles. The Labute approximate surface area is 174 Å². The first-order chi connectivity index (χ1) is 13.7. The quantitative estimate of drug-likeness (QED) is 0.444. The molecule has 0 saturated heterocycles. The van der Waals surface area contributed by atoms with Gasteiger partial charge in [0, 0.05) is 30.8 Å². The largest absolute Gasteiger partial charge is 0.493 e.